The van der Waals surface area contributed by atoms with Crippen LogP contribution in [0.1, 0.15) is 25.0 Å². The summed E-state index contributed by atoms with van der Waals surface area (Å²) in [5.41, 5.74) is 2.11. The SMILES string of the molecule is CC(C)CNC(=O)/C=C/c1ccc(OCc2ccccc2)cc1. The van der Waals surface area contributed by atoms with Crippen molar-refractivity contribution in [2.45, 2.75) is 20.5 Å². The van der Waals surface area contributed by atoms with E-state index in [-0.39, 0.29) is 5.91 Å². The van der Waals surface area contributed by atoms with Gasteiger partial charge in [-0.25, -0.2) is 0 Å². The van der Waals surface area contributed by atoms with Crippen LogP contribution in [-0.2, 0) is 11.4 Å². The molecule has 0 saturated carbocycles. The van der Waals surface area contributed by atoms with Crippen molar-refractivity contribution in [3.8, 4) is 5.75 Å². The van der Waals surface area contributed by atoms with Crippen LogP contribution in [0.5, 0.6) is 5.75 Å². The number of rotatable bonds is 7. The summed E-state index contributed by atoms with van der Waals surface area (Å²) in [6, 6.07) is 17.7. The van der Waals surface area contributed by atoms with E-state index in [4.69, 9.17) is 4.74 Å². The molecule has 0 aromatic heterocycles. The predicted molar refractivity (Wildman–Crippen MR) is 94.1 cm³/mol. The topological polar surface area (TPSA) is 38.3 Å². The Bertz CT molecular complexity index is 630. The summed E-state index contributed by atoms with van der Waals surface area (Å²) in [6.45, 7) is 5.37. The second-order valence-corrected chi connectivity index (χ2v) is 5.82. The lowest BCUT2D eigenvalue weighted by Crippen LogP contribution is -2.25. The highest BCUT2D eigenvalue weighted by atomic mass is 16.5. The van der Waals surface area contributed by atoms with Gasteiger partial charge in [-0.3, -0.25) is 4.79 Å². The summed E-state index contributed by atoms with van der Waals surface area (Å²) in [6.07, 6.45) is 3.36. The smallest absolute Gasteiger partial charge is 0.244 e. The van der Waals surface area contributed by atoms with E-state index < -0.39 is 0 Å². The van der Waals surface area contributed by atoms with Crippen LogP contribution < -0.4 is 10.1 Å². The van der Waals surface area contributed by atoms with Gasteiger partial charge in [-0.2, -0.15) is 0 Å². The molecule has 2 rings (SSSR count). The van der Waals surface area contributed by atoms with E-state index in [2.05, 4.69) is 19.2 Å². The molecular weight excluding hydrogens is 286 g/mol. The standard InChI is InChI=1S/C20H23NO2/c1-16(2)14-21-20(22)13-10-17-8-11-19(12-9-17)23-15-18-6-4-3-5-7-18/h3-13,16H,14-15H2,1-2H3,(H,21,22)/b13-10+. The molecule has 3 nitrogen and oxygen atoms in total. The number of hydrogen-bond acceptors (Lipinski definition) is 2. The molecule has 0 heterocycles. The lowest BCUT2D eigenvalue weighted by atomic mass is 10.2. The van der Waals surface area contributed by atoms with Crippen LogP contribution in [0.15, 0.2) is 60.7 Å². The van der Waals surface area contributed by atoms with Gasteiger partial charge in [0.1, 0.15) is 12.4 Å². The Kier molecular flexibility index (Phi) is 6.42. The molecule has 0 aliphatic carbocycles. The normalized spacial score (nSPS) is 10.9. The molecular formula is C20H23NO2. The maximum absolute atomic E-state index is 11.6. The highest BCUT2D eigenvalue weighted by Gasteiger charge is 1.98. The van der Waals surface area contributed by atoms with Gasteiger partial charge < -0.3 is 10.1 Å². The third-order valence-electron chi connectivity index (χ3n) is 3.24. The predicted octanol–water partition coefficient (Wildman–Crippen LogP) is 4.05. The minimum atomic E-state index is -0.0666. The van der Waals surface area contributed by atoms with Crippen molar-refractivity contribution in [1.29, 1.82) is 0 Å². The first-order valence-electron chi connectivity index (χ1n) is 7.86. The highest BCUT2D eigenvalue weighted by Crippen LogP contribution is 2.15. The van der Waals surface area contributed by atoms with Crippen molar-refractivity contribution in [2.24, 2.45) is 5.92 Å². The number of hydrogen-bond donors (Lipinski definition) is 1. The first-order chi connectivity index (χ1) is 11.1. The molecule has 0 fully saturated rings. The number of ether oxygens (including phenoxy) is 1. The Morgan fingerprint density at radius 1 is 1.09 bits per heavy atom. The fraction of sp³-hybridized carbons (Fsp3) is 0.250. The summed E-state index contributed by atoms with van der Waals surface area (Å²) < 4.78 is 5.73. The molecule has 120 valence electrons. The molecule has 0 aliphatic rings. The Labute approximate surface area is 138 Å². The zero-order valence-electron chi connectivity index (χ0n) is 13.7. The van der Waals surface area contributed by atoms with E-state index in [1.807, 2.05) is 54.6 Å². The molecule has 0 spiro atoms. The van der Waals surface area contributed by atoms with Crippen LogP contribution in [0.2, 0.25) is 0 Å². The lowest BCUT2D eigenvalue weighted by Gasteiger charge is -2.06. The molecule has 0 unspecified atom stereocenters. The third-order valence-corrected chi connectivity index (χ3v) is 3.24. The molecule has 23 heavy (non-hydrogen) atoms. The van der Waals surface area contributed by atoms with E-state index in [1.165, 1.54) is 0 Å². The zero-order chi connectivity index (χ0) is 16.5. The second kappa shape index (κ2) is 8.79. The first-order valence-corrected chi connectivity index (χ1v) is 7.86. The van der Waals surface area contributed by atoms with Crippen molar-refractivity contribution in [3.63, 3.8) is 0 Å². The molecule has 3 heteroatoms. The third kappa shape index (κ3) is 6.39. The summed E-state index contributed by atoms with van der Waals surface area (Å²) in [7, 11) is 0. The molecule has 0 bridgehead atoms. The monoisotopic (exact) mass is 309 g/mol. The number of amides is 1. The maximum Gasteiger partial charge on any atom is 0.244 e. The van der Waals surface area contributed by atoms with Crippen LogP contribution >= 0.6 is 0 Å². The molecule has 1 amide bonds. The van der Waals surface area contributed by atoms with Gasteiger partial charge in [0.2, 0.25) is 5.91 Å². The van der Waals surface area contributed by atoms with Crippen molar-refractivity contribution in [3.05, 3.63) is 71.8 Å². The Hall–Kier alpha value is -2.55. The van der Waals surface area contributed by atoms with Crippen molar-refractivity contribution in [1.82, 2.24) is 5.32 Å². The molecule has 2 aromatic carbocycles. The van der Waals surface area contributed by atoms with E-state index in [9.17, 15) is 4.79 Å². The largest absolute Gasteiger partial charge is 0.489 e. The molecule has 1 N–H and O–H groups in total. The van der Waals surface area contributed by atoms with Crippen LogP contribution in [0, 0.1) is 5.92 Å². The Morgan fingerprint density at radius 3 is 2.43 bits per heavy atom. The van der Waals surface area contributed by atoms with Gasteiger partial charge in [0, 0.05) is 12.6 Å². The first kappa shape index (κ1) is 16.8. The van der Waals surface area contributed by atoms with Crippen LogP contribution in [-0.4, -0.2) is 12.5 Å². The van der Waals surface area contributed by atoms with Gasteiger partial charge in [0.15, 0.2) is 0 Å². The minimum absolute atomic E-state index is 0.0666. The summed E-state index contributed by atoms with van der Waals surface area (Å²) in [5, 5.41) is 2.85. The number of carbonyl (C=O) groups is 1. The van der Waals surface area contributed by atoms with Gasteiger partial charge in [-0.05, 0) is 35.3 Å². The van der Waals surface area contributed by atoms with Gasteiger partial charge in [-0.15, -0.1) is 0 Å². The molecule has 0 radical (unpaired) electrons. The van der Waals surface area contributed by atoms with Gasteiger partial charge in [0.25, 0.3) is 0 Å². The average molecular weight is 309 g/mol. The summed E-state index contributed by atoms with van der Waals surface area (Å²) >= 11 is 0. The van der Waals surface area contributed by atoms with E-state index >= 15 is 0 Å². The number of carbonyl (C=O) groups excluding carboxylic acids is 1. The van der Waals surface area contributed by atoms with Crippen LogP contribution in [0.25, 0.3) is 6.08 Å². The van der Waals surface area contributed by atoms with Crippen LogP contribution in [0.4, 0.5) is 0 Å². The highest BCUT2D eigenvalue weighted by molar-refractivity contribution is 5.91. The van der Waals surface area contributed by atoms with Crippen molar-refractivity contribution >= 4 is 12.0 Å². The summed E-state index contributed by atoms with van der Waals surface area (Å²) in [5.74, 6) is 1.20. The average Bonchev–Trinajstić information content (AvgIpc) is 2.58. The lowest BCUT2D eigenvalue weighted by molar-refractivity contribution is -0.116. The minimum Gasteiger partial charge on any atom is -0.489 e. The Morgan fingerprint density at radius 2 is 1.78 bits per heavy atom. The van der Waals surface area contributed by atoms with E-state index in [0.29, 0.717) is 19.1 Å². The van der Waals surface area contributed by atoms with Gasteiger partial charge in [0.05, 0.1) is 0 Å². The quantitative estimate of drug-likeness (QED) is 0.784. The fourth-order valence-corrected chi connectivity index (χ4v) is 1.95. The van der Waals surface area contributed by atoms with Crippen molar-refractivity contribution < 1.29 is 9.53 Å². The molecule has 0 saturated heterocycles. The van der Waals surface area contributed by atoms with Gasteiger partial charge >= 0.3 is 0 Å². The number of benzene rings is 2. The van der Waals surface area contributed by atoms with E-state index in [0.717, 1.165) is 16.9 Å². The molecule has 0 atom stereocenters. The Balaban J connectivity index is 1.83. The van der Waals surface area contributed by atoms with Crippen molar-refractivity contribution in [2.75, 3.05) is 6.54 Å². The van der Waals surface area contributed by atoms with Crippen LogP contribution in [0.3, 0.4) is 0 Å². The molecule has 0 aliphatic heterocycles. The second-order valence-electron chi connectivity index (χ2n) is 5.82. The zero-order valence-corrected chi connectivity index (χ0v) is 13.7. The fourth-order valence-electron chi connectivity index (χ4n) is 1.95. The number of nitrogens with one attached hydrogen (secondary N) is 1. The summed E-state index contributed by atoms with van der Waals surface area (Å²) in [4.78, 5) is 11.6. The van der Waals surface area contributed by atoms with E-state index in [1.54, 1.807) is 12.2 Å². The molecule has 2 aromatic rings. The van der Waals surface area contributed by atoms with Gasteiger partial charge in [-0.1, -0.05) is 56.3 Å². The maximum atomic E-state index is 11.6.